The van der Waals surface area contributed by atoms with Crippen molar-refractivity contribution in [1.82, 2.24) is 10.9 Å². The number of furan rings is 1. The third-order valence-corrected chi connectivity index (χ3v) is 3.11. The Bertz CT molecular complexity index is 755. The van der Waals surface area contributed by atoms with Gasteiger partial charge in [-0.25, -0.2) is 4.79 Å². The molecule has 0 fully saturated rings. The van der Waals surface area contributed by atoms with Gasteiger partial charge in [-0.15, -0.1) is 0 Å². The van der Waals surface area contributed by atoms with Crippen LogP contribution in [0.2, 0.25) is 0 Å². The molecule has 8 heteroatoms. The maximum Gasteiger partial charge on any atom is 0.344 e. The van der Waals surface area contributed by atoms with Gasteiger partial charge in [-0.2, -0.15) is 0 Å². The van der Waals surface area contributed by atoms with E-state index in [1.807, 2.05) is 26.0 Å². The van der Waals surface area contributed by atoms with Gasteiger partial charge in [0.1, 0.15) is 5.75 Å². The smallest absolute Gasteiger partial charge is 0.344 e. The Morgan fingerprint density at radius 1 is 1.08 bits per heavy atom. The predicted octanol–water partition coefficient (Wildman–Crippen LogP) is 1.28. The number of carbonyl (C=O) groups is 3. The number of aryl methyl sites for hydroxylation is 2. The number of benzene rings is 1. The van der Waals surface area contributed by atoms with E-state index < -0.39 is 24.4 Å². The van der Waals surface area contributed by atoms with E-state index in [-0.39, 0.29) is 12.4 Å². The summed E-state index contributed by atoms with van der Waals surface area (Å²) in [5.41, 5.74) is 6.11. The van der Waals surface area contributed by atoms with Crippen molar-refractivity contribution in [2.75, 3.05) is 13.2 Å². The summed E-state index contributed by atoms with van der Waals surface area (Å²) >= 11 is 0. The minimum absolute atomic E-state index is 0.0409. The van der Waals surface area contributed by atoms with E-state index in [4.69, 9.17) is 13.9 Å². The molecular formula is C17H18N2O6. The SMILES string of the molecule is Cc1ccc(C)c(OCC(=O)OCC(=O)NNC(=O)c2ccco2)c1. The average Bonchev–Trinajstić information content (AvgIpc) is 3.13. The highest BCUT2D eigenvalue weighted by Crippen LogP contribution is 2.18. The number of amides is 2. The van der Waals surface area contributed by atoms with Crippen molar-refractivity contribution in [1.29, 1.82) is 0 Å². The second kappa shape index (κ2) is 8.53. The molecule has 2 aromatic rings. The lowest BCUT2D eigenvalue weighted by Gasteiger charge is -2.10. The molecule has 0 aliphatic rings. The van der Waals surface area contributed by atoms with Crippen LogP contribution in [0, 0.1) is 13.8 Å². The van der Waals surface area contributed by atoms with E-state index in [1.165, 1.54) is 18.4 Å². The molecule has 0 spiro atoms. The highest BCUT2D eigenvalue weighted by molar-refractivity contribution is 5.93. The molecule has 25 heavy (non-hydrogen) atoms. The minimum Gasteiger partial charge on any atom is -0.482 e. The molecule has 0 aliphatic carbocycles. The van der Waals surface area contributed by atoms with Gasteiger partial charge in [-0.05, 0) is 43.2 Å². The third kappa shape index (κ3) is 5.69. The molecule has 1 aromatic carbocycles. The van der Waals surface area contributed by atoms with Crippen LogP contribution in [0.1, 0.15) is 21.7 Å². The van der Waals surface area contributed by atoms with Gasteiger partial charge in [-0.3, -0.25) is 20.4 Å². The average molecular weight is 346 g/mol. The first-order chi connectivity index (χ1) is 12.0. The summed E-state index contributed by atoms with van der Waals surface area (Å²) in [6, 6.07) is 8.59. The molecule has 0 atom stereocenters. The number of esters is 1. The molecule has 0 unspecified atom stereocenters. The maximum atomic E-state index is 11.6. The maximum absolute atomic E-state index is 11.6. The molecule has 0 saturated heterocycles. The second-order valence-electron chi connectivity index (χ2n) is 5.20. The van der Waals surface area contributed by atoms with Crippen LogP contribution in [0.25, 0.3) is 0 Å². The van der Waals surface area contributed by atoms with Gasteiger partial charge in [0.2, 0.25) is 0 Å². The van der Waals surface area contributed by atoms with Crippen LogP contribution in [-0.2, 0) is 14.3 Å². The Kier molecular flexibility index (Phi) is 6.16. The fraction of sp³-hybridized carbons (Fsp3) is 0.235. The van der Waals surface area contributed by atoms with Gasteiger partial charge >= 0.3 is 11.9 Å². The zero-order valence-corrected chi connectivity index (χ0v) is 13.8. The van der Waals surface area contributed by atoms with Crippen molar-refractivity contribution in [3.8, 4) is 5.75 Å². The zero-order chi connectivity index (χ0) is 18.2. The summed E-state index contributed by atoms with van der Waals surface area (Å²) in [6.07, 6.45) is 1.33. The lowest BCUT2D eigenvalue weighted by atomic mass is 10.1. The molecule has 2 N–H and O–H groups in total. The van der Waals surface area contributed by atoms with Crippen molar-refractivity contribution < 1.29 is 28.3 Å². The fourth-order valence-electron chi connectivity index (χ4n) is 1.82. The highest BCUT2D eigenvalue weighted by Gasteiger charge is 2.12. The quantitative estimate of drug-likeness (QED) is 0.603. The van der Waals surface area contributed by atoms with Gasteiger partial charge in [0.05, 0.1) is 6.26 Å². The number of ether oxygens (including phenoxy) is 2. The summed E-state index contributed by atoms with van der Waals surface area (Å²) in [5.74, 6) is -1.40. The molecule has 2 amide bonds. The lowest BCUT2D eigenvalue weighted by Crippen LogP contribution is -2.43. The molecule has 0 bridgehead atoms. The van der Waals surface area contributed by atoms with E-state index >= 15 is 0 Å². The highest BCUT2D eigenvalue weighted by atomic mass is 16.6. The number of hydrogen-bond donors (Lipinski definition) is 2. The summed E-state index contributed by atoms with van der Waals surface area (Å²) in [7, 11) is 0. The summed E-state index contributed by atoms with van der Waals surface area (Å²) in [6.45, 7) is 2.89. The van der Waals surface area contributed by atoms with E-state index in [9.17, 15) is 14.4 Å². The Balaban J connectivity index is 1.68. The topological polar surface area (TPSA) is 107 Å². The van der Waals surface area contributed by atoms with Crippen LogP contribution < -0.4 is 15.6 Å². The van der Waals surface area contributed by atoms with Gasteiger partial charge in [0.15, 0.2) is 19.0 Å². The first-order valence-corrected chi connectivity index (χ1v) is 7.44. The van der Waals surface area contributed by atoms with Crippen molar-refractivity contribution in [3.05, 3.63) is 53.5 Å². The molecule has 1 aromatic heterocycles. The first kappa shape index (κ1) is 18.1. The molecule has 0 radical (unpaired) electrons. The number of hydrogen-bond acceptors (Lipinski definition) is 6. The van der Waals surface area contributed by atoms with Crippen LogP contribution in [0.4, 0.5) is 0 Å². The van der Waals surface area contributed by atoms with Crippen LogP contribution in [0.5, 0.6) is 5.75 Å². The molecule has 2 rings (SSSR count). The van der Waals surface area contributed by atoms with Crippen molar-refractivity contribution >= 4 is 17.8 Å². The number of hydrazine groups is 1. The van der Waals surface area contributed by atoms with Gasteiger partial charge < -0.3 is 13.9 Å². The summed E-state index contributed by atoms with van der Waals surface area (Å²) < 4.78 is 15.0. The molecule has 0 aliphatic heterocycles. The minimum atomic E-state index is -0.701. The predicted molar refractivity (Wildman–Crippen MR) is 86.7 cm³/mol. The van der Waals surface area contributed by atoms with Crippen molar-refractivity contribution in [2.45, 2.75) is 13.8 Å². The van der Waals surface area contributed by atoms with Gasteiger partial charge in [-0.1, -0.05) is 12.1 Å². The largest absolute Gasteiger partial charge is 0.482 e. The molecule has 132 valence electrons. The van der Waals surface area contributed by atoms with Crippen LogP contribution >= 0.6 is 0 Å². The third-order valence-electron chi connectivity index (χ3n) is 3.11. The zero-order valence-electron chi connectivity index (χ0n) is 13.8. The van der Waals surface area contributed by atoms with Gasteiger partial charge in [0.25, 0.3) is 5.91 Å². The van der Waals surface area contributed by atoms with Crippen LogP contribution in [0.15, 0.2) is 41.0 Å². The Morgan fingerprint density at radius 2 is 1.88 bits per heavy atom. The lowest BCUT2D eigenvalue weighted by molar-refractivity contribution is -0.150. The van der Waals surface area contributed by atoms with E-state index in [0.717, 1.165) is 11.1 Å². The molecule has 0 saturated carbocycles. The summed E-state index contributed by atoms with van der Waals surface area (Å²) in [5, 5.41) is 0. The molecular weight excluding hydrogens is 328 g/mol. The van der Waals surface area contributed by atoms with E-state index in [2.05, 4.69) is 10.9 Å². The normalized spacial score (nSPS) is 10.0. The molecule has 1 heterocycles. The number of nitrogens with one attached hydrogen (secondary N) is 2. The Morgan fingerprint density at radius 3 is 2.60 bits per heavy atom. The standard InChI is InChI=1S/C17H18N2O6/c1-11-5-6-12(2)14(8-11)24-10-16(21)25-9-15(20)18-19-17(22)13-4-3-7-23-13/h3-8H,9-10H2,1-2H3,(H,18,20)(H,19,22). The van der Waals surface area contributed by atoms with Crippen molar-refractivity contribution in [2.24, 2.45) is 0 Å². The first-order valence-electron chi connectivity index (χ1n) is 7.44. The number of rotatable bonds is 6. The van der Waals surface area contributed by atoms with E-state index in [0.29, 0.717) is 5.75 Å². The molecule has 8 nitrogen and oxygen atoms in total. The number of carbonyl (C=O) groups excluding carboxylic acids is 3. The Labute approximate surface area is 144 Å². The second-order valence-corrected chi connectivity index (χ2v) is 5.20. The Hall–Kier alpha value is -3.29. The fourth-order valence-corrected chi connectivity index (χ4v) is 1.82. The monoisotopic (exact) mass is 346 g/mol. The van der Waals surface area contributed by atoms with Crippen LogP contribution in [0.3, 0.4) is 0 Å². The van der Waals surface area contributed by atoms with Crippen LogP contribution in [-0.4, -0.2) is 31.0 Å². The van der Waals surface area contributed by atoms with E-state index in [1.54, 1.807) is 6.07 Å². The summed E-state index contributed by atoms with van der Waals surface area (Å²) in [4.78, 5) is 34.7. The van der Waals surface area contributed by atoms with Gasteiger partial charge in [0, 0.05) is 0 Å². The van der Waals surface area contributed by atoms with Crippen molar-refractivity contribution in [3.63, 3.8) is 0 Å².